The second kappa shape index (κ2) is 11.2. The van der Waals surface area contributed by atoms with Gasteiger partial charge in [0.05, 0.1) is 5.75 Å². The lowest BCUT2D eigenvalue weighted by atomic mass is 10.1. The molecule has 1 atom stereocenters. The number of sulfonamides is 1. The third kappa shape index (κ3) is 6.99. The Morgan fingerprint density at radius 2 is 1.65 bits per heavy atom. The summed E-state index contributed by atoms with van der Waals surface area (Å²) in [6.07, 6.45) is 1.21. The van der Waals surface area contributed by atoms with Crippen molar-refractivity contribution < 1.29 is 12.9 Å². The van der Waals surface area contributed by atoms with Gasteiger partial charge in [-0.05, 0) is 31.5 Å². The predicted molar refractivity (Wildman–Crippen MR) is 122 cm³/mol. The fourth-order valence-electron chi connectivity index (χ4n) is 3.33. The molecule has 0 saturated heterocycles. The number of aromatic nitrogens is 2. The van der Waals surface area contributed by atoms with Gasteiger partial charge in [-0.3, -0.25) is 0 Å². The predicted octanol–water partition coefficient (Wildman–Crippen LogP) is 3.67. The normalized spacial score (nSPS) is 12.9. The third-order valence-corrected chi connectivity index (χ3v) is 6.59. The first kappa shape index (κ1) is 23.1. The molecule has 1 aromatic heterocycles. The van der Waals surface area contributed by atoms with E-state index < -0.39 is 16.1 Å². The van der Waals surface area contributed by atoms with Crippen molar-refractivity contribution in [3.05, 3.63) is 72.1 Å². The van der Waals surface area contributed by atoms with E-state index in [0.29, 0.717) is 25.2 Å². The van der Waals surface area contributed by atoms with Gasteiger partial charge in [0.25, 0.3) is 0 Å². The van der Waals surface area contributed by atoms with Crippen LogP contribution in [-0.2, 0) is 16.4 Å². The van der Waals surface area contributed by atoms with Gasteiger partial charge in [0, 0.05) is 12.1 Å². The van der Waals surface area contributed by atoms with Gasteiger partial charge < -0.3 is 9.42 Å². The highest BCUT2D eigenvalue weighted by atomic mass is 32.2. The van der Waals surface area contributed by atoms with Crippen molar-refractivity contribution in [2.45, 2.75) is 32.7 Å². The number of hydrogen-bond acceptors (Lipinski definition) is 6. The van der Waals surface area contributed by atoms with E-state index in [2.05, 4.69) is 19.8 Å². The van der Waals surface area contributed by atoms with Gasteiger partial charge >= 0.3 is 0 Å². The van der Waals surface area contributed by atoms with Gasteiger partial charge in [0.15, 0.2) is 0 Å². The zero-order chi connectivity index (χ0) is 22.1. The molecule has 0 fully saturated rings. The minimum atomic E-state index is -3.52. The van der Waals surface area contributed by atoms with Crippen LogP contribution in [0.5, 0.6) is 0 Å². The van der Waals surface area contributed by atoms with Crippen LogP contribution in [-0.4, -0.2) is 48.8 Å². The van der Waals surface area contributed by atoms with E-state index >= 15 is 0 Å². The van der Waals surface area contributed by atoms with Crippen molar-refractivity contribution in [3.8, 4) is 11.4 Å². The van der Waals surface area contributed by atoms with E-state index in [0.717, 1.165) is 24.2 Å². The molecule has 7 nitrogen and oxygen atoms in total. The van der Waals surface area contributed by atoms with E-state index in [-0.39, 0.29) is 11.6 Å². The van der Waals surface area contributed by atoms with Crippen LogP contribution in [0.3, 0.4) is 0 Å². The highest BCUT2D eigenvalue weighted by Gasteiger charge is 2.25. The maximum Gasteiger partial charge on any atom is 0.245 e. The summed E-state index contributed by atoms with van der Waals surface area (Å²) in [5, 5.41) is 4.06. The van der Waals surface area contributed by atoms with Crippen molar-refractivity contribution in [1.29, 1.82) is 0 Å². The summed E-state index contributed by atoms with van der Waals surface area (Å²) in [5.74, 6) is 0.750. The van der Waals surface area contributed by atoms with Gasteiger partial charge in [0.2, 0.25) is 21.7 Å². The minimum absolute atomic E-state index is 0.0240. The molecule has 0 saturated carbocycles. The van der Waals surface area contributed by atoms with Gasteiger partial charge in [0.1, 0.15) is 6.04 Å². The summed E-state index contributed by atoms with van der Waals surface area (Å²) in [7, 11) is -3.52. The Kier molecular flexibility index (Phi) is 8.34. The van der Waals surface area contributed by atoms with E-state index in [1.807, 2.05) is 74.5 Å². The summed E-state index contributed by atoms with van der Waals surface area (Å²) in [6, 6.07) is 18.8. The molecule has 3 rings (SSSR count). The van der Waals surface area contributed by atoms with Crippen molar-refractivity contribution in [2.24, 2.45) is 0 Å². The molecule has 0 spiro atoms. The fourth-order valence-corrected chi connectivity index (χ4v) is 4.60. The molecule has 0 aliphatic heterocycles. The first-order valence-electron chi connectivity index (χ1n) is 10.7. The zero-order valence-corrected chi connectivity index (χ0v) is 18.9. The Bertz CT molecular complexity index is 1020. The lowest BCUT2D eigenvalue weighted by molar-refractivity contribution is 0.319. The van der Waals surface area contributed by atoms with Gasteiger partial charge in [-0.1, -0.05) is 79.7 Å². The monoisotopic (exact) mass is 442 g/mol. The Labute approximate surface area is 184 Å². The lowest BCUT2D eigenvalue weighted by Gasteiger charge is -2.20. The molecule has 0 aliphatic carbocycles. The molecule has 0 bridgehead atoms. The molecular formula is C23H30N4O3S. The summed E-state index contributed by atoms with van der Waals surface area (Å²) in [5.41, 5.74) is 1.95. The van der Waals surface area contributed by atoms with E-state index in [4.69, 9.17) is 4.52 Å². The SMILES string of the molecule is CCN(CC)CCS(=O)(=O)N[C@H](CCc1ccccc1)c1nc(-c2ccccc2)no1. The lowest BCUT2D eigenvalue weighted by Crippen LogP contribution is -2.36. The summed E-state index contributed by atoms with van der Waals surface area (Å²) in [6.45, 7) is 6.15. The number of nitrogens with zero attached hydrogens (tertiary/aromatic N) is 3. The average Bonchev–Trinajstić information content (AvgIpc) is 3.29. The molecular weight excluding hydrogens is 412 g/mol. The first-order valence-corrected chi connectivity index (χ1v) is 12.3. The molecule has 166 valence electrons. The van der Waals surface area contributed by atoms with Gasteiger partial charge in [-0.25, -0.2) is 13.1 Å². The quantitative estimate of drug-likeness (QED) is 0.460. The van der Waals surface area contributed by atoms with E-state index in [1.54, 1.807) is 0 Å². The van der Waals surface area contributed by atoms with Crippen molar-refractivity contribution in [2.75, 3.05) is 25.4 Å². The maximum absolute atomic E-state index is 12.8. The van der Waals surface area contributed by atoms with Gasteiger partial charge in [-0.15, -0.1) is 0 Å². The smallest absolute Gasteiger partial charge is 0.245 e. The maximum atomic E-state index is 12.8. The molecule has 0 radical (unpaired) electrons. The first-order chi connectivity index (χ1) is 15.0. The Hall–Kier alpha value is -2.55. The molecule has 0 amide bonds. The molecule has 3 aromatic rings. The minimum Gasteiger partial charge on any atom is -0.337 e. The van der Waals surface area contributed by atoms with Crippen LogP contribution in [0.25, 0.3) is 11.4 Å². The van der Waals surface area contributed by atoms with Crippen molar-refractivity contribution >= 4 is 10.0 Å². The molecule has 1 heterocycles. The fraction of sp³-hybridized carbons (Fsp3) is 0.391. The third-order valence-electron chi connectivity index (χ3n) is 5.23. The second-order valence-corrected chi connectivity index (χ2v) is 9.24. The second-order valence-electron chi connectivity index (χ2n) is 7.36. The van der Waals surface area contributed by atoms with Crippen LogP contribution >= 0.6 is 0 Å². The Morgan fingerprint density at radius 1 is 1.00 bits per heavy atom. The van der Waals surface area contributed by atoms with Gasteiger partial charge in [-0.2, -0.15) is 4.98 Å². The summed E-state index contributed by atoms with van der Waals surface area (Å²) >= 11 is 0. The van der Waals surface area contributed by atoms with E-state index in [1.165, 1.54) is 0 Å². The van der Waals surface area contributed by atoms with Crippen LogP contribution < -0.4 is 4.72 Å². The molecule has 0 unspecified atom stereocenters. The number of hydrogen-bond donors (Lipinski definition) is 1. The van der Waals surface area contributed by atoms with Crippen molar-refractivity contribution in [3.63, 3.8) is 0 Å². The summed E-state index contributed by atoms with van der Waals surface area (Å²) in [4.78, 5) is 6.57. The van der Waals surface area contributed by atoms with Crippen molar-refractivity contribution in [1.82, 2.24) is 19.8 Å². The number of benzene rings is 2. The molecule has 2 aromatic carbocycles. The topological polar surface area (TPSA) is 88.3 Å². The van der Waals surface area contributed by atoms with Crippen LogP contribution in [0.15, 0.2) is 65.2 Å². The molecule has 0 aliphatic rings. The van der Waals surface area contributed by atoms with Crippen LogP contribution in [0.1, 0.15) is 37.8 Å². The van der Waals surface area contributed by atoms with Crippen LogP contribution in [0, 0.1) is 0 Å². The largest absolute Gasteiger partial charge is 0.337 e. The highest BCUT2D eigenvalue weighted by molar-refractivity contribution is 7.89. The van der Waals surface area contributed by atoms with Crippen LogP contribution in [0.4, 0.5) is 0 Å². The molecule has 31 heavy (non-hydrogen) atoms. The Balaban J connectivity index is 1.77. The Morgan fingerprint density at radius 3 is 2.29 bits per heavy atom. The van der Waals surface area contributed by atoms with Crippen LogP contribution in [0.2, 0.25) is 0 Å². The average molecular weight is 443 g/mol. The van der Waals surface area contributed by atoms with E-state index in [9.17, 15) is 8.42 Å². The molecule has 8 heteroatoms. The summed E-state index contributed by atoms with van der Waals surface area (Å²) < 4.78 is 33.9. The number of nitrogens with one attached hydrogen (secondary N) is 1. The molecule has 1 N–H and O–H groups in total. The highest BCUT2D eigenvalue weighted by Crippen LogP contribution is 2.23. The number of rotatable bonds is 12. The number of aryl methyl sites for hydroxylation is 1. The standard InChI is InChI=1S/C23H30N4O3S/c1-3-27(4-2)17-18-31(28,29)26-21(16-15-19-11-7-5-8-12-19)23-24-22(25-30-23)20-13-9-6-10-14-20/h5-14,21,26H,3-4,15-18H2,1-2H3/t21-/m1/s1. The zero-order valence-electron chi connectivity index (χ0n) is 18.1.